The fraction of sp³-hybridized carbons (Fsp3) is 0.632. The maximum atomic E-state index is 12.7. The van der Waals surface area contributed by atoms with E-state index >= 15 is 0 Å². The predicted molar refractivity (Wildman–Crippen MR) is 93.2 cm³/mol. The van der Waals surface area contributed by atoms with Crippen LogP contribution in [0.2, 0.25) is 0 Å². The topological polar surface area (TPSA) is 36.0 Å². The first-order valence-corrected chi connectivity index (χ1v) is 9.24. The number of likely N-dealkylation sites (tertiary alicyclic amines) is 1. The van der Waals surface area contributed by atoms with Crippen molar-refractivity contribution in [2.75, 3.05) is 45.8 Å². The second kappa shape index (κ2) is 6.73. The minimum absolute atomic E-state index is 0.174. The Morgan fingerprint density at radius 3 is 2.67 bits per heavy atom. The van der Waals surface area contributed by atoms with E-state index in [-0.39, 0.29) is 12.0 Å². The number of amides is 1. The van der Waals surface area contributed by atoms with Crippen molar-refractivity contribution in [3.8, 4) is 5.75 Å². The van der Waals surface area contributed by atoms with Crippen molar-refractivity contribution in [3.05, 3.63) is 29.8 Å². The number of nitrogens with zero attached hydrogens (tertiary/aromatic N) is 3. The number of para-hydroxylation sites is 1. The van der Waals surface area contributed by atoms with Gasteiger partial charge in [0.05, 0.1) is 0 Å². The zero-order valence-electron chi connectivity index (χ0n) is 14.5. The van der Waals surface area contributed by atoms with Gasteiger partial charge >= 0.3 is 0 Å². The highest BCUT2D eigenvalue weighted by Crippen LogP contribution is 2.29. The predicted octanol–water partition coefficient (Wildman–Crippen LogP) is 1.23. The molecule has 1 unspecified atom stereocenters. The van der Waals surface area contributed by atoms with Crippen molar-refractivity contribution in [1.82, 2.24) is 14.7 Å². The second-order valence-electron chi connectivity index (χ2n) is 7.12. The molecule has 0 aromatic heterocycles. The fourth-order valence-corrected chi connectivity index (χ4v) is 4.01. The Morgan fingerprint density at radius 2 is 1.92 bits per heavy atom. The van der Waals surface area contributed by atoms with Crippen LogP contribution in [0.4, 0.5) is 0 Å². The molecule has 1 amide bonds. The van der Waals surface area contributed by atoms with E-state index in [1.54, 1.807) is 0 Å². The molecule has 130 valence electrons. The highest BCUT2D eigenvalue weighted by atomic mass is 16.5. The summed E-state index contributed by atoms with van der Waals surface area (Å²) in [6, 6.07) is 8.61. The van der Waals surface area contributed by atoms with E-state index in [4.69, 9.17) is 4.74 Å². The van der Waals surface area contributed by atoms with Crippen LogP contribution in [-0.4, -0.2) is 78.6 Å². The van der Waals surface area contributed by atoms with Gasteiger partial charge < -0.3 is 14.5 Å². The molecule has 3 aliphatic heterocycles. The molecule has 5 nitrogen and oxygen atoms in total. The van der Waals surface area contributed by atoms with E-state index in [1.807, 2.05) is 23.1 Å². The Kier molecular flexibility index (Phi) is 4.46. The lowest BCUT2D eigenvalue weighted by atomic mass is 9.99. The Hall–Kier alpha value is -1.59. The molecule has 0 spiro atoms. The van der Waals surface area contributed by atoms with E-state index in [0.717, 1.165) is 64.4 Å². The highest BCUT2D eigenvalue weighted by Gasteiger charge is 2.39. The van der Waals surface area contributed by atoms with Crippen molar-refractivity contribution in [2.45, 2.75) is 31.9 Å². The number of benzene rings is 1. The van der Waals surface area contributed by atoms with Gasteiger partial charge in [-0.05, 0) is 31.0 Å². The van der Waals surface area contributed by atoms with Crippen LogP contribution < -0.4 is 4.74 Å². The smallest absolute Gasteiger partial charge is 0.263 e. The molecule has 0 bridgehead atoms. The average Bonchev–Trinajstić information content (AvgIpc) is 2.60. The zero-order chi connectivity index (χ0) is 16.5. The Balaban J connectivity index is 1.28. The number of aryl methyl sites for hydroxylation is 1. The molecule has 1 aromatic rings. The molecule has 2 saturated heterocycles. The maximum Gasteiger partial charge on any atom is 0.263 e. The third-order valence-corrected chi connectivity index (χ3v) is 5.74. The summed E-state index contributed by atoms with van der Waals surface area (Å²) in [5.74, 6) is 1.06. The number of carbonyl (C=O) groups is 1. The molecule has 0 radical (unpaired) electrons. The van der Waals surface area contributed by atoms with Gasteiger partial charge in [-0.2, -0.15) is 0 Å². The SMILES string of the molecule is CCN1CCN(C2CN(C(=O)C3CCc4ccccc4O3)C2)CC1. The number of ether oxygens (including phenoxy) is 1. The lowest BCUT2D eigenvalue weighted by Crippen LogP contribution is -2.65. The van der Waals surface area contributed by atoms with Crippen molar-refractivity contribution in [2.24, 2.45) is 0 Å². The Labute approximate surface area is 144 Å². The maximum absolute atomic E-state index is 12.7. The lowest BCUT2D eigenvalue weighted by molar-refractivity contribution is -0.147. The summed E-state index contributed by atoms with van der Waals surface area (Å²) in [5.41, 5.74) is 1.22. The van der Waals surface area contributed by atoms with Gasteiger partial charge in [-0.3, -0.25) is 9.69 Å². The number of hydrogen-bond donors (Lipinski definition) is 0. The molecule has 1 atom stereocenters. The number of carbonyl (C=O) groups excluding carboxylic acids is 1. The summed E-state index contributed by atoms with van der Waals surface area (Å²) >= 11 is 0. The van der Waals surface area contributed by atoms with Gasteiger partial charge in [0.2, 0.25) is 0 Å². The summed E-state index contributed by atoms with van der Waals surface area (Å²) in [4.78, 5) is 19.7. The van der Waals surface area contributed by atoms with Crippen molar-refractivity contribution in [1.29, 1.82) is 0 Å². The summed E-state index contributed by atoms with van der Waals surface area (Å²) in [6.45, 7) is 9.68. The average molecular weight is 329 g/mol. The number of hydrogen-bond acceptors (Lipinski definition) is 4. The minimum Gasteiger partial charge on any atom is -0.480 e. The zero-order valence-corrected chi connectivity index (χ0v) is 14.5. The molecule has 0 aliphatic carbocycles. The molecular formula is C19H27N3O2. The summed E-state index contributed by atoms with van der Waals surface area (Å²) in [7, 11) is 0. The second-order valence-corrected chi connectivity index (χ2v) is 7.12. The van der Waals surface area contributed by atoms with Crippen LogP contribution in [0.1, 0.15) is 18.9 Å². The van der Waals surface area contributed by atoms with Gasteiger partial charge in [0.15, 0.2) is 6.10 Å². The molecule has 4 rings (SSSR count). The van der Waals surface area contributed by atoms with Crippen LogP contribution in [0.25, 0.3) is 0 Å². The normalized spacial score (nSPS) is 25.7. The van der Waals surface area contributed by atoms with Crippen LogP contribution in [0.3, 0.4) is 0 Å². The fourth-order valence-electron chi connectivity index (χ4n) is 4.01. The van der Waals surface area contributed by atoms with E-state index < -0.39 is 0 Å². The molecule has 5 heteroatoms. The summed E-state index contributed by atoms with van der Waals surface area (Å²) in [5, 5.41) is 0. The minimum atomic E-state index is -0.294. The third-order valence-electron chi connectivity index (χ3n) is 5.74. The van der Waals surface area contributed by atoms with Gasteiger partial charge in [0.1, 0.15) is 5.75 Å². The molecule has 0 N–H and O–H groups in total. The number of rotatable bonds is 3. The Morgan fingerprint density at radius 1 is 1.17 bits per heavy atom. The van der Waals surface area contributed by atoms with E-state index in [2.05, 4.69) is 22.8 Å². The van der Waals surface area contributed by atoms with Crippen LogP contribution in [0.15, 0.2) is 24.3 Å². The highest BCUT2D eigenvalue weighted by molar-refractivity contribution is 5.82. The van der Waals surface area contributed by atoms with E-state index in [9.17, 15) is 4.79 Å². The molecule has 2 fully saturated rings. The number of fused-ring (bicyclic) bond motifs is 1. The quantitative estimate of drug-likeness (QED) is 0.836. The van der Waals surface area contributed by atoms with Gasteiger partial charge in [-0.25, -0.2) is 0 Å². The first-order chi connectivity index (χ1) is 11.7. The monoisotopic (exact) mass is 329 g/mol. The molecule has 3 heterocycles. The van der Waals surface area contributed by atoms with Crippen LogP contribution >= 0.6 is 0 Å². The van der Waals surface area contributed by atoms with E-state index in [0.29, 0.717) is 6.04 Å². The Bertz CT molecular complexity index is 592. The molecule has 0 saturated carbocycles. The molecule has 3 aliphatic rings. The van der Waals surface area contributed by atoms with Crippen molar-refractivity contribution >= 4 is 5.91 Å². The lowest BCUT2D eigenvalue weighted by Gasteiger charge is -2.48. The van der Waals surface area contributed by atoms with Gasteiger partial charge in [-0.1, -0.05) is 25.1 Å². The van der Waals surface area contributed by atoms with Crippen LogP contribution in [0.5, 0.6) is 5.75 Å². The summed E-state index contributed by atoms with van der Waals surface area (Å²) in [6.07, 6.45) is 1.44. The first kappa shape index (κ1) is 15.9. The van der Waals surface area contributed by atoms with E-state index in [1.165, 1.54) is 5.56 Å². The largest absolute Gasteiger partial charge is 0.480 e. The third kappa shape index (κ3) is 3.03. The first-order valence-electron chi connectivity index (χ1n) is 9.24. The number of likely N-dealkylation sites (N-methyl/N-ethyl adjacent to an activating group) is 1. The van der Waals surface area contributed by atoms with Crippen LogP contribution in [-0.2, 0) is 11.2 Å². The van der Waals surface area contributed by atoms with Crippen molar-refractivity contribution < 1.29 is 9.53 Å². The molecular weight excluding hydrogens is 302 g/mol. The van der Waals surface area contributed by atoms with Gasteiger partial charge in [0, 0.05) is 45.3 Å². The number of piperazine rings is 1. The molecule has 24 heavy (non-hydrogen) atoms. The van der Waals surface area contributed by atoms with Crippen LogP contribution in [0, 0.1) is 0 Å². The summed E-state index contributed by atoms with van der Waals surface area (Å²) < 4.78 is 5.95. The van der Waals surface area contributed by atoms with Gasteiger partial charge in [-0.15, -0.1) is 0 Å². The molecule has 1 aromatic carbocycles. The standard InChI is InChI=1S/C19H27N3O2/c1-2-20-9-11-21(12-10-20)16-13-22(14-16)19(23)18-8-7-15-5-3-4-6-17(15)24-18/h3-6,16,18H,2,7-14H2,1H3. The van der Waals surface area contributed by atoms with Crippen molar-refractivity contribution in [3.63, 3.8) is 0 Å². The van der Waals surface area contributed by atoms with Gasteiger partial charge in [0.25, 0.3) is 5.91 Å².